The maximum Gasteiger partial charge on any atom is 0.0934 e. The third kappa shape index (κ3) is 2.35. The number of furan rings is 1. The van der Waals surface area contributed by atoms with E-state index in [2.05, 4.69) is 33.8 Å². The predicted molar refractivity (Wildman–Crippen MR) is 89.6 cm³/mol. The quantitative estimate of drug-likeness (QED) is 0.832. The van der Waals surface area contributed by atoms with Crippen LogP contribution in [0.4, 0.5) is 0 Å². The van der Waals surface area contributed by atoms with E-state index >= 15 is 0 Å². The Labute approximate surface area is 135 Å². The molecule has 0 bridgehead atoms. The number of aliphatic hydroxyl groups is 1. The topological polar surface area (TPSA) is 33.4 Å². The highest BCUT2D eigenvalue weighted by atomic mass is 16.3. The van der Waals surface area contributed by atoms with Gasteiger partial charge in [-0.05, 0) is 72.8 Å². The molecule has 1 N–H and O–H groups in total. The normalized spacial score (nSPS) is 41.1. The maximum absolute atomic E-state index is 11.6. The summed E-state index contributed by atoms with van der Waals surface area (Å²) in [4.78, 5) is 0. The Morgan fingerprint density at radius 3 is 2.68 bits per heavy atom. The van der Waals surface area contributed by atoms with Crippen molar-refractivity contribution in [3.63, 3.8) is 0 Å². The van der Waals surface area contributed by atoms with Gasteiger partial charge in [-0.25, -0.2) is 0 Å². The van der Waals surface area contributed by atoms with Gasteiger partial charge in [0, 0.05) is 0 Å². The molecule has 3 rings (SSSR count). The molecule has 2 nitrogen and oxygen atoms in total. The zero-order valence-corrected chi connectivity index (χ0v) is 14.7. The molecular formula is C20H32O2. The largest absolute Gasteiger partial charge is 0.472 e. The van der Waals surface area contributed by atoms with Crippen molar-refractivity contribution in [3.8, 4) is 0 Å². The van der Waals surface area contributed by atoms with Gasteiger partial charge < -0.3 is 9.52 Å². The van der Waals surface area contributed by atoms with Crippen LogP contribution in [0.3, 0.4) is 0 Å². The molecule has 1 aromatic heterocycles. The van der Waals surface area contributed by atoms with Gasteiger partial charge in [-0.15, -0.1) is 0 Å². The lowest BCUT2D eigenvalue weighted by atomic mass is 9.45. The van der Waals surface area contributed by atoms with E-state index in [9.17, 15) is 5.11 Å². The van der Waals surface area contributed by atoms with Gasteiger partial charge in [0.05, 0.1) is 18.1 Å². The van der Waals surface area contributed by atoms with Crippen molar-refractivity contribution >= 4 is 0 Å². The molecule has 22 heavy (non-hydrogen) atoms. The molecule has 124 valence electrons. The summed E-state index contributed by atoms with van der Waals surface area (Å²) in [6.45, 7) is 9.40. The minimum atomic E-state index is -0.483. The molecule has 0 aliphatic heterocycles. The third-order valence-corrected chi connectivity index (χ3v) is 7.46. The van der Waals surface area contributed by atoms with Crippen LogP contribution in [0.5, 0.6) is 0 Å². The number of hydrogen-bond acceptors (Lipinski definition) is 2. The second-order valence-corrected chi connectivity index (χ2v) is 8.83. The molecule has 4 atom stereocenters. The Hall–Kier alpha value is -0.760. The monoisotopic (exact) mass is 304 g/mol. The Morgan fingerprint density at radius 1 is 1.23 bits per heavy atom. The first-order valence-electron chi connectivity index (χ1n) is 9.03. The fourth-order valence-corrected chi connectivity index (χ4v) is 5.44. The molecule has 2 saturated carbocycles. The molecule has 2 fully saturated rings. The van der Waals surface area contributed by atoms with Crippen LogP contribution in [0.25, 0.3) is 0 Å². The van der Waals surface area contributed by atoms with Gasteiger partial charge >= 0.3 is 0 Å². The summed E-state index contributed by atoms with van der Waals surface area (Å²) in [5.74, 6) is 1.11. The Bertz CT molecular complexity index is 504. The molecule has 2 aliphatic rings. The average Bonchev–Trinajstić information content (AvgIpc) is 2.97. The smallest absolute Gasteiger partial charge is 0.0934 e. The zero-order valence-electron chi connectivity index (χ0n) is 14.7. The molecule has 1 heterocycles. The van der Waals surface area contributed by atoms with Gasteiger partial charge in [-0.3, -0.25) is 0 Å². The van der Waals surface area contributed by atoms with Crippen molar-refractivity contribution in [2.75, 3.05) is 0 Å². The van der Waals surface area contributed by atoms with Crippen molar-refractivity contribution in [2.45, 2.75) is 78.2 Å². The molecule has 0 amide bonds. The second-order valence-electron chi connectivity index (χ2n) is 8.83. The van der Waals surface area contributed by atoms with Gasteiger partial charge in [0.25, 0.3) is 0 Å². The van der Waals surface area contributed by atoms with E-state index < -0.39 is 5.60 Å². The summed E-state index contributed by atoms with van der Waals surface area (Å²) in [5, 5.41) is 11.6. The summed E-state index contributed by atoms with van der Waals surface area (Å²) in [6, 6.07) is 2.08. The number of rotatable bonds is 3. The van der Waals surface area contributed by atoms with Gasteiger partial charge in [0.2, 0.25) is 0 Å². The number of hydrogen-bond donors (Lipinski definition) is 1. The molecule has 0 radical (unpaired) electrons. The lowest BCUT2D eigenvalue weighted by Gasteiger charge is -2.62. The number of fused-ring (bicyclic) bond motifs is 1. The first-order chi connectivity index (χ1) is 10.3. The molecule has 2 aliphatic carbocycles. The first-order valence-corrected chi connectivity index (χ1v) is 9.03. The summed E-state index contributed by atoms with van der Waals surface area (Å²) in [5.41, 5.74) is 1.08. The molecule has 0 aromatic carbocycles. The lowest BCUT2D eigenvalue weighted by Crippen LogP contribution is -2.62. The van der Waals surface area contributed by atoms with Crippen molar-refractivity contribution in [1.82, 2.24) is 0 Å². The standard InChI is InChI=1S/C20H32O2/c1-15-7-12-20(21)17(6-5-10-18(20,2)3)19(15,4)11-8-16-9-13-22-14-16/h9,13-15,17,21H,5-8,10-12H2,1-4H3/t15-,17?,19+,20+/m0/s1. The van der Waals surface area contributed by atoms with E-state index in [1.165, 1.54) is 18.4 Å². The van der Waals surface area contributed by atoms with E-state index in [-0.39, 0.29) is 10.8 Å². The minimum absolute atomic E-state index is 0.0486. The molecule has 0 spiro atoms. The maximum atomic E-state index is 11.6. The van der Waals surface area contributed by atoms with Crippen LogP contribution < -0.4 is 0 Å². The van der Waals surface area contributed by atoms with Crippen LogP contribution in [0, 0.1) is 22.7 Å². The highest BCUT2D eigenvalue weighted by Gasteiger charge is 2.60. The van der Waals surface area contributed by atoms with E-state index in [4.69, 9.17) is 4.42 Å². The highest BCUT2D eigenvalue weighted by Crippen LogP contribution is 2.62. The average molecular weight is 304 g/mol. The molecule has 1 aromatic rings. The predicted octanol–water partition coefficient (Wildman–Crippen LogP) is 5.21. The second kappa shape index (κ2) is 5.40. The van der Waals surface area contributed by atoms with Crippen LogP contribution in [0.2, 0.25) is 0 Å². The van der Waals surface area contributed by atoms with Crippen LogP contribution in [0.1, 0.15) is 71.8 Å². The van der Waals surface area contributed by atoms with Crippen molar-refractivity contribution in [2.24, 2.45) is 22.7 Å². The van der Waals surface area contributed by atoms with E-state index in [0.29, 0.717) is 11.8 Å². The first kappa shape index (κ1) is 16.1. The third-order valence-electron chi connectivity index (χ3n) is 7.46. The lowest BCUT2D eigenvalue weighted by molar-refractivity contribution is -0.212. The molecule has 0 saturated heterocycles. The molecule has 1 unspecified atom stereocenters. The van der Waals surface area contributed by atoms with E-state index in [1.807, 2.05) is 6.26 Å². The fourth-order valence-electron chi connectivity index (χ4n) is 5.44. The zero-order chi connectivity index (χ0) is 16.0. The Kier molecular flexibility index (Phi) is 3.96. The van der Waals surface area contributed by atoms with Gasteiger partial charge in [-0.1, -0.05) is 34.1 Å². The van der Waals surface area contributed by atoms with Crippen molar-refractivity contribution in [1.29, 1.82) is 0 Å². The van der Waals surface area contributed by atoms with Crippen LogP contribution in [-0.4, -0.2) is 10.7 Å². The van der Waals surface area contributed by atoms with Crippen LogP contribution in [0.15, 0.2) is 23.0 Å². The molecular weight excluding hydrogens is 272 g/mol. The fraction of sp³-hybridized carbons (Fsp3) is 0.800. The van der Waals surface area contributed by atoms with Gasteiger partial charge in [0.15, 0.2) is 0 Å². The van der Waals surface area contributed by atoms with E-state index in [1.54, 1.807) is 6.26 Å². The van der Waals surface area contributed by atoms with Crippen molar-refractivity contribution < 1.29 is 9.52 Å². The Morgan fingerprint density at radius 2 is 2.00 bits per heavy atom. The van der Waals surface area contributed by atoms with Crippen molar-refractivity contribution in [3.05, 3.63) is 24.2 Å². The SMILES string of the molecule is C[C@H]1CC[C@@]2(O)C(CCCC2(C)C)[C@]1(C)CCc1ccoc1. The minimum Gasteiger partial charge on any atom is -0.472 e. The summed E-state index contributed by atoms with van der Waals surface area (Å²) in [6.07, 6.45) is 11.6. The Balaban J connectivity index is 1.87. The number of aryl methyl sites for hydroxylation is 1. The van der Waals surface area contributed by atoms with E-state index in [0.717, 1.165) is 32.1 Å². The summed E-state index contributed by atoms with van der Waals surface area (Å²) in [7, 11) is 0. The highest BCUT2D eigenvalue weighted by molar-refractivity contribution is 5.12. The van der Waals surface area contributed by atoms with Crippen LogP contribution >= 0.6 is 0 Å². The summed E-state index contributed by atoms with van der Waals surface area (Å²) < 4.78 is 5.22. The van der Waals surface area contributed by atoms with Gasteiger partial charge in [-0.2, -0.15) is 0 Å². The summed E-state index contributed by atoms with van der Waals surface area (Å²) >= 11 is 0. The molecule has 2 heteroatoms. The van der Waals surface area contributed by atoms with Crippen LogP contribution in [-0.2, 0) is 6.42 Å². The van der Waals surface area contributed by atoms with Gasteiger partial charge in [0.1, 0.15) is 0 Å².